The molecule has 1 amide bonds. The third-order valence-corrected chi connectivity index (χ3v) is 7.52. The number of dihydropyridines is 1. The van der Waals surface area contributed by atoms with Gasteiger partial charge in [-0.1, -0.05) is 65.8 Å². The van der Waals surface area contributed by atoms with Crippen molar-refractivity contribution in [2.45, 2.75) is 25.2 Å². The maximum atomic E-state index is 12.9. The molecule has 174 valence electrons. The Hall–Kier alpha value is -3.53. The second-order valence-corrected chi connectivity index (χ2v) is 9.95. The first kappa shape index (κ1) is 23.2. The SMILES string of the molecule is N#CC1=C(SCC(=O)Nc2ccc3ccccc3c2)NC2=C(C(=O)CCC2)C1c1ccc(Cl)cc1. The number of thioether (sulfide) groups is 1. The highest BCUT2D eigenvalue weighted by molar-refractivity contribution is 8.03. The second-order valence-electron chi connectivity index (χ2n) is 8.53. The van der Waals surface area contributed by atoms with Gasteiger partial charge in [-0.3, -0.25) is 9.59 Å². The van der Waals surface area contributed by atoms with E-state index in [4.69, 9.17) is 11.6 Å². The standard InChI is InChI=1S/C28H22ClN3O2S/c29-20-11-8-18(9-12-20)26-22(15-30)28(32-23-6-3-7-24(33)27(23)26)35-16-25(34)31-21-13-10-17-4-1-2-5-19(17)14-21/h1-2,4-5,8-14,26,32H,3,6-7,16H2,(H,31,34). The van der Waals surface area contributed by atoms with Gasteiger partial charge < -0.3 is 10.6 Å². The minimum atomic E-state index is -0.465. The van der Waals surface area contributed by atoms with Gasteiger partial charge in [-0.05, 0) is 53.4 Å². The summed E-state index contributed by atoms with van der Waals surface area (Å²) in [5.74, 6) is -0.444. The van der Waals surface area contributed by atoms with Gasteiger partial charge in [-0.2, -0.15) is 5.26 Å². The molecule has 0 radical (unpaired) electrons. The van der Waals surface area contributed by atoms with E-state index in [0.29, 0.717) is 27.6 Å². The maximum Gasteiger partial charge on any atom is 0.234 e. The molecule has 1 heterocycles. The Morgan fingerprint density at radius 1 is 1.09 bits per heavy atom. The Bertz CT molecular complexity index is 1440. The Morgan fingerprint density at radius 2 is 1.86 bits per heavy atom. The predicted molar refractivity (Wildman–Crippen MR) is 141 cm³/mol. The van der Waals surface area contributed by atoms with Crippen LogP contribution in [0, 0.1) is 11.3 Å². The molecule has 2 aliphatic rings. The van der Waals surface area contributed by atoms with Crippen molar-refractivity contribution in [3.8, 4) is 6.07 Å². The molecular weight excluding hydrogens is 478 g/mol. The number of benzene rings is 3. The summed E-state index contributed by atoms with van der Waals surface area (Å²) >= 11 is 7.36. The minimum Gasteiger partial charge on any atom is -0.352 e. The molecule has 1 unspecified atom stereocenters. The van der Waals surface area contributed by atoms with E-state index < -0.39 is 5.92 Å². The van der Waals surface area contributed by atoms with Gasteiger partial charge in [-0.15, -0.1) is 0 Å². The lowest BCUT2D eigenvalue weighted by atomic mass is 9.77. The van der Waals surface area contributed by atoms with Crippen molar-refractivity contribution in [1.82, 2.24) is 5.32 Å². The van der Waals surface area contributed by atoms with Crippen molar-refractivity contribution in [3.05, 3.63) is 99.2 Å². The molecule has 1 aliphatic heterocycles. The average Bonchev–Trinajstić information content (AvgIpc) is 2.87. The lowest BCUT2D eigenvalue weighted by Crippen LogP contribution is -2.31. The lowest BCUT2D eigenvalue weighted by molar-refractivity contribution is -0.116. The number of rotatable bonds is 5. The zero-order chi connectivity index (χ0) is 24.4. The zero-order valence-electron chi connectivity index (χ0n) is 18.8. The molecule has 1 aliphatic carbocycles. The summed E-state index contributed by atoms with van der Waals surface area (Å²) in [6.45, 7) is 0. The number of nitrogens with one attached hydrogen (secondary N) is 2. The van der Waals surface area contributed by atoms with Gasteiger partial charge in [-0.25, -0.2) is 0 Å². The van der Waals surface area contributed by atoms with Crippen LogP contribution in [-0.4, -0.2) is 17.4 Å². The number of halogens is 1. The van der Waals surface area contributed by atoms with Crippen LogP contribution >= 0.6 is 23.4 Å². The Morgan fingerprint density at radius 3 is 2.63 bits per heavy atom. The number of ketones is 1. The van der Waals surface area contributed by atoms with Crippen molar-refractivity contribution in [2.24, 2.45) is 0 Å². The number of anilines is 1. The van der Waals surface area contributed by atoms with Crippen LogP contribution in [0.4, 0.5) is 5.69 Å². The first-order valence-corrected chi connectivity index (χ1v) is 12.7. The van der Waals surface area contributed by atoms with E-state index in [0.717, 1.165) is 40.6 Å². The van der Waals surface area contributed by atoms with Crippen molar-refractivity contribution in [2.75, 3.05) is 11.1 Å². The molecule has 0 saturated carbocycles. The average molecular weight is 500 g/mol. The zero-order valence-corrected chi connectivity index (χ0v) is 20.4. The van der Waals surface area contributed by atoms with Crippen LogP contribution in [0.2, 0.25) is 5.02 Å². The summed E-state index contributed by atoms with van der Waals surface area (Å²) in [5, 5.41) is 19.7. The van der Waals surface area contributed by atoms with Gasteiger partial charge in [0.05, 0.1) is 28.3 Å². The fourth-order valence-electron chi connectivity index (χ4n) is 4.63. The lowest BCUT2D eigenvalue weighted by Gasteiger charge is -2.33. The van der Waals surface area contributed by atoms with Crippen LogP contribution in [0.1, 0.15) is 30.7 Å². The van der Waals surface area contributed by atoms with E-state index in [1.165, 1.54) is 11.8 Å². The Labute approximate surface area is 212 Å². The molecular formula is C28H22ClN3O2S. The van der Waals surface area contributed by atoms with Crippen molar-refractivity contribution in [1.29, 1.82) is 5.26 Å². The smallest absolute Gasteiger partial charge is 0.234 e. The van der Waals surface area contributed by atoms with E-state index in [2.05, 4.69) is 16.7 Å². The van der Waals surface area contributed by atoms with Gasteiger partial charge in [0.25, 0.3) is 0 Å². The van der Waals surface area contributed by atoms with E-state index in [-0.39, 0.29) is 17.4 Å². The molecule has 7 heteroatoms. The largest absolute Gasteiger partial charge is 0.352 e. The topological polar surface area (TPSA) is 82.0 Å². The molecule has 0 saturated heterocycles. The minimum absolute atomic E-state index is 0.0598. The summed E-state index contributed by atoms with van der Waals surface area (Å²) in [7, 11) is 0. The molecule has 3 aromatic rings. The molecule has 2 N–H and O–H groups in total. The second kappa shape index (κ2) is 9.99. The van der Waals surface area contributed by atoms with Gasteiger partial charge in [0.2, 0.25) is 5.91 Å². The monoisotopic (exact) mass is 499 g/mol. The molecule has 0 fully saturated rings. The molecule has 0 aromatic heterocycles. The van der Waals surface area contributed by atoms with E-state index in [1.54, 1.807) is 12.1 Å². The van der Waals surface area contributed by atoms with E-state index >= 15 is 0 Å². The number of carbonyl (C=O) groups excluding carboxylic acids is 2. The normalized spacial score (nSPS) is 17.6. The van der Waals surface area contributed by atoms with Crippen molar-refractivity contribution < 1.29 is 9.59 Å². The molecule has 0 bridgehead atoms. The van der Waals surface area contributed by atoms with Crippen LogP contribution in [-0.2, 0) is 9.59 Å². The predicted octanol–water partition coefficient (Wildman–Crippen LogP) is 6.29. The quantitative estimate of drug-likeness (QED) is 0.431. The van der Waals surface area contributed by atoms with Crippen LogP contribution < -0.4 is 10.6 Å². The maximum absolute atomic E-state index is 12.9. The first-order chi connectivity index (χ1) is 17.0. The third-order valence-electron chi connectivity index (χ3n) is 6.25. The molecule has 3 aromatic carbocycles. The number of amides is 1. The highest BCUT2D eigenvalue weighted by Crippen LogP contribution is 2.44. The number of allylic oxidation sites excluding steroid dienone is 3. The van der Waals surface area contributed by atoms with Crippen LogP contribution in [0.25, 0.3) is 10.8 Å². The Kier molecular flexibility index (Phi) is 6.63. The molecule has 0 spiro atoms. The van der Waals surface area contributed by atoms with Gasteiger partial charge in [0.1, 0.15) is 0 Å². The first-order valence-electron chi connectivity index (χ1n) is 11.4. The molecule has 5 rings (SSSR count). The summed E-state index contributed by atoms with van der Waals surface area (Å²) in [5.41, 5.74) is 3.51. The van der Waals surface area contributed by atoms with Gasteiger partial charge in [0.15, 0.2) is 5.78 Å². The highest BCUT2D eigenvalue weighted by atomic mass is 35.5. The summed E-state index contributed by atoms with van der Waals surface area (Å²) in [6, 6.07) is 23.3. The molecule has 1 atom stereocenters. The summed E-state index contributed by atoms with van der Waals surface area (Å²) in [6.07, 6.45) is 1.97. The van der Waals surface area contributed by atoms with Crippen molar-refractivity contribution >= 4 is 51.5 Å². The Balaban J connectivity index is 1.39. The number of nitrogens with zero attached hydrogens (tertiary/aromatic N) is 1. The number of carbonyl (C=O) groups is 2. The summed E-state index contributed by atoms with van der Waals surface area (Å²) in [4.78, 5) is 25.6. The number of fused-ring (bicyclic) bond motifs is 1. The molecule has 35 heavy (non-hydrogen) atoms. The number of nitriles is 1. The highest BCUT2D eigenvalue weighted by Gasteiger charge is 2.37. The van der Waals surface area contributed by atoms with Crippen LogP contribution in [0.5, 0.6) is 0 Å². The van der Waals surface area contributed by atoms with Crippen molar-refractivity contribution in [3.63, 3.8) is 0 Å². The van der Waals surface area contributed by atoms with Crippen LogP contribution in [0.3, 0.4) is 0 Å². The van der Waals surface area contributed by atoms with E-state index in [1.807, 2.05) is 54.6 Å². The number of hydrogen-bond donors (Lipinski definition) is 2. The molecule has 5 nitrogen and oxygen atoms in total. The fourth-order valence-corrected chi connectivity index (χ4v) is 5.62. The van der Waals surface area contributed by atoms with E-state index in [9.17, 15) is 14.9 Å². The number of hydrogen-bond acceptors (Lipinski definition) is 5. The third kappa shape index (κ3) is 4.84. The van der Waals surface area contributed by atoms with Gasteiger partial charge >= 0.3 is 0 Å². The van der Waals surface area contributed by atoms with Crippen LogP contribution in [0.15, 0.2) is 88.6 Å². The fraction of sp³-hybridized carbons (Fsp3) is 0.179. The number of Topliss-reactive ketones (excluding diaryl/α,β-unsaturated/α-hetero) is 1. The van der Waals surface area contributed by atoms with Gasteiger partial charge in [0, 0.05) is 28.4 Å². The summed E-state index contributed by atoms with van der Waals surface area (Å²) < 4.78 is 0.